The predicted molar refractivity (Wildman–Crippen MR) is 138 cm³/mol. The maximum atomic E-state index is 12.9. The summed E-state index contributed by atoms with van der Waals surface area (Å²) in [5, 5.41) is 23.2. The largest absolute Gasteiger partial charge is 0.374 e. The van der Waals surface area contributed by atoms with Crippen molar-refractivity contribution < 1.29 is 5.11 Å². The van der Waals surface area contributed by atoms with Crippen LogP contribution in [0.15, 0.2) is 84.0 Å². The SMILES string of the molecule is Cn1cncc1[C@]1(O)c2ccc(C#N)c(c2)CCc2cccc(c2)-c2cc(=O)n(C)c3ccc1cc23. The minimum absolute atomic E-state index is 0.0906. The number of hydrogen-bond donors (Lipinski definition) is 1. The number of fused-ring (bicyclic) bond motifs is 6. The lowest BCUT2D eigenvalue weighted by Crippen LogP contribution is -2.31. The van der Waals surface area contributed by atoms with Gasteiger partial charge in [0.1, 0.15) is 0 Å². The normalized spacial score (nSPS) is 16.7. The van der Waals surface area contributed by atoms with Crippen LogP contribution >= 0.6 is 0 Å². The fourth-order valence-corrected chi connectivity index (χ4v) is 5.40. The smallest absolute Gasteiger partial charge is 0.251 e. The van der Waals surface area contributed by atoms with Crippen molar-refractivity contribution in [3.05, 3.63) is 123 Å². The van der Waals surface area contributed by atoms with Gasteiger partial charge in [-0.25, -0.2) is 4.98 Å². The lowest BCUT2D eigenvalue weighted by Gasteiger charge is -2.31. The second-order valence-electron chi connectivity index (χ2n) is 9.47. The molecular formula is C30H24N4O2. The van der Waals surface area contributed by atoms with Crippen molar-refractivity contribution in [2.45, 2.75) is 18.4 Å². The van der Waals surface area contributed by atoms with E-state index in [1.54, 1.807) is 36.3 Å². The van der Waals surface area contributed by atoms with Gasteiger partial charge < -0.3 is 14.2 Å². The van der Waals surface area contributed by atoms with E-state index in [0.29, 0.717) is 28.8 Å². The van der Waals surface area contributed by atoms with Crippen molar-refractivity contribution >= 4 is 10.9 Å². The van der Waals surface area contributed by atoms with Crippen LogP contribution in [0.5, 0.6) is 0 Å². The highest BCUT2D eigenvalue weighted by Crippen LogP contribution is 2.40. The molecule has 0 saturated heterocycles. The third kappa shape index (κ3) is 3.21. The van der Waals surface area contributed by atoms with Gasteiger partial charge in [-0.3, -0.25) is 4.79 Å². The summed E-state index contributed by atoms with van der Waals surface area (Å²) >= 11 is 0. The van der Waals surface area contributed by atoms with Crippen LogP contribution in [0.4, 0.5) is 0 Å². The molecule has 0 spiro atoms. The van der Waals surface area contributed by atoms with E-state index in [1.165, 1.54) is 0 Å². The van der Waals surface area contributed by atoms with E-state index in [2.05, 4.69) is 23.2 Å². The number of nitriles is 1. The van der Waals surface area contributed by atoms with Crippen molar-refractivity contribution in [2.24, 2.45) is 14.1 Å². The highest BCUT2D eigenvalue weighted by atomic mass is 16.3. The van der Waals surface area contributed by atoms with Gasteiger partial charge in [-0.1, -0.05) is 42.5 Å². The van der Waals surface area contributed by atoms with E-state index in [4.69, 9.17) is 0 Å². The highest BCUT2D eigenvalue weighted by molar-refractivity contribution is 5.95. The molecule has 0 saturated carbocycles. The third-order valence-electron chi connectivity index (χ3n) is 7.42. The summed E-state index contributed by atoms with van der Waals surface area (Å²) in [5.74, 6) is 0. The summed E-state index contributed by atoms with van der Waals surface area (Å²) in [6, 6.07) is 23.5. The Morgan fingerprint density at radius 3 is 2.58 bits per heavy atom. The molecule has 2 heterocycles. The molecule has 6 heteroatoms. The summed E-state index contributed by atoms with van der Waals surface area (Å²) in [6.07, 6.45) is 4.71. The first-order chi connectivity index (χ1) is 17.4. The fourth-order valence-electron chi connectivity index (χ4n) is 5.40. The summed E-state index contributed by atoms with van der Waals surface area (Å²) in [7, 11) is 3.62. The summed E-state index contributed by atoms with van der Waals surface area (Å²) < 4.78 is 3.44. The molecule has 6 bridgehead atoms. The molecule has 0 fully saturated rings. The summed E-state index contributed by atoms with van der Waals surface area (Å²) in [5.41, 5.74) is 5.47. The highest BCUT2D eigenvalue weighted by Gasteiger charge is 2.37. The number of pyridine rings is 1. The van der Waals surface area contributed by atoms with Crippen LogP contribution in [0.1, 0.15) is 33.5 Å². The Hall–Kier alpha value is -4.47. The summed E-state index contributed by atoms with van der Waals surface area (Å²) in [4.78, 5) is 17.2. The van der Waals surface area contributed by atoms with Crippen LogP contribution in [0, 0.1) is 11.3 Å². The molecule has 2 aromatic heterocycles. The van der Waals surface area contributed by atoms with Gasteiger partial charge in [-0.2, -0.15) is 5.26 Å². The molecule has 1 aliphatic rings. The van der Waals surface area contributed by atoms with Crippen LogP contribution in [-0.4, -0.2) is 19.2 Å². The monoisotopic (exact) mass is 472 g/mol. The van der Waals surface area contributed by atoms with E-state index in [-0.39, 0.29) is 5.56 Å². The Morgan fingerprint density at radius 1 is 1.00 bits per heavy atom. The van der Waals surface area contributed by atoms with Gasteiger partial charge in [0.2, 0.25) is 0 Å². The van der Waals surface area contributed by atoms with Gasteiger partial charge in [0.25, 0.3) is 5.56 Å². The number of hydrogen-bond acceptors (Lipinski definition) is 4. The molecule has 36 heavy (non-hydrogen) atoms. The first kappa shape index (κ1) is 22.0. The van der Waals surface area contributed by atoms with Gasteiger partial charge in [0, 0.05) is 25.5 Å². The minimum atomic E-state index is -1.53. The number of aromatic nitrogens is 3. The zero-order valence-electron chi connectivity index (χ0n) is 20.1. The molecule has 1 N–H and O–H groups in total. The number of imidazole rings is 1. The van der Waals surface area contributed by atoms with Gasteiger partial charge in [-0.15, -0.1) is 0 Å². The van der Waals surface area contributed by atoms with Crippen LogP contribution < -0.4 is 5.56 Å². The Labute approximate surface area is 208 Å². The lowest BCUT2D eigenvalue weighted by atomic mass is 9.81. The molecule has 5 aromatic rings. The van der Waals surface area contributed by atoms with E-state index in [0.717, 1.165) is 39.6 Å². The van der Waals surface area contributed by atoms with Crippen molar-refractivity contribution in [3.63, 3.8) is 0 Å². The number of rotatable bonds is 1. The number of aliphatic hydroxyl groups is 1. The Bertz CT molecular complexity index is 1770. The maximum absolute atomic E-state index is 12.9. The molecule has 0 unspecified atom stereocenters. The second-order valence-corrected chi connectivity index (χ2v) is 9.47. The second kappa shape index (κ2) is 8.04. The quantitative estimate of drug-likeness (QED) is 0.397. The lowest BCUT2D eigenvalue weighted by molar-refractivity contribution is 0.117. The standard InChI is InChI=1S/C30H24N4O2/c1-33-18-32-17-28(33)30(36)23-9-8-22(16-31)20(13-23)7-6-19-4-3-5-21(12-19)25-15-29(35)34(2)27-11-10-24(30)14-26(25)27/h3-5,8-15,17-18,36H,6-7H2,1-2H3/t30-/m0/s1. The van der Waals surface area contributed by atoms with Crippen LogP contribution in [0.25, 0.3) is 22.0 Å². The first-order valence-corrected chi connectivity index (χ1v) is 11.9. The van der Waals surface area contributed by atoms with Crippen LogP contribution in [-0.2, 0) is 32.5 Å². The van der Waals surface area contributed by atoms with Gasteiger partial charge >= 0.3 is 0 Å². The molecular weight excluding hydrogens is 448 g/mol. The number of nitrogens with zero attached hydrogens (tertiary/aromatic N) is 4. The number of aryl methyl sites for hydroxylation is 4. The molecule has 6 rings (SSSR count). The molecule has 1 atom stereocenters. The van der Waals surface area contributed by atoms with E-state index < -0.39 is 5.60 Å². The molecule has 0 aliphatic heterocycles. The molecule has 0 radical (unpaired) electrons. The fraction of sp³-hybridized carbons (Fsp3) is 0.167. The first-order valence-electron chi connectivity index (χ1n) is 11.9. The van der Waals surface area contributed by atoms with Crippen molar-refractivity contribution in [3.8, 4) is 17.2 Å². The van der Waals surface area contributed by atoms with E-state index >= 15 is 0 Å². The Kier molecular flexibility index (Phi) is 4.92. The zero-order chi connectivity index (χ0) is 25.0. The Morgan fingerprint density at radius 2 is 1.81 bits per heavy atom. The molecule has 0 amide bonds. The molecule has 6 nitrogen and oxygen atoms in total. The third-order valence-corrected chi connectivity index (χ3v) is 7.42. The zero-order valence-corrected chi connectivity index (χ0v) is 20.1. The van der Waals surface area contributed by atoms with E-state index in [9.17, 15) is 15.2 Å². The average molecular weight is 473 g/mol. The average Bonchev–Trinajstić information content (AvgIpc) is 3.34. The van der Waals surface area contributed by atoms with Crippen molar-refractivity contribution in [1.29, 1.82) is 5.26 Å². The van der Waals surface area contributed by atoms with Crippen LogP contribution in [0.3, 0.4) is 0 Å². The topological polar surface area (TPSA) is 83.8 Å². The molecule has 1 aliphatic carbocycles. The van der Waals surface area contributed by atoms with Gasteiger partial charge in [0.05, 0.1) is 35.4 Å². The summed E-state index contributed by atoms with van der Waals surface area (Å²) in [6.45, 7) is 0. The van der Waals surface area contributed by atoms with Crippen molar-refractivity contribution in [1.82, 2.24) is 14.1 Å². The van der Waals surface area contributed by atoms with Crippen LogP contribution in [0.2, 0.25) is 0 Å². The number of benzene rings is 3. The predicted octanol–water partition coefficient (Wildman–Crippen LogP) is 4.19. The van der Waals surface area contributed by atoms with Gasteiger partial charge in [0.15, 0.2) is 5.60 Å². The van der Waals surface area contributed by atoms with Gasteiger partial charge in [-0.05, 0) is 64.4 Å². The van der Waals surface area contributed by atoms with E-state index in [1.807, 2.05) is 54.1 Å². The Balaban J connectivity index is 1.77. The molecule has 176 valence electrons. The maximum Gasteiger partial charge on any atom is 0.251 e. The molecule has 3 aromatic carbocycles. The minimum Gasteiger partial charge on any atom is -0.374 e. The van der Waals surface area contributed by atoms with Crippen molar-refractivity contribution in [2.75, 3.05) is 0 Å².